The Kier molecular flexibility index (Phi) is 7.36. The zero-order chi connectivity index (χ0) is 21.0. The van der Waals surface area contributed by atoms with Gasteiger partial charge in [0.05, 0.1) is 18.6 Å². The molecule has 1 heterocycles. The van der Waals surface area contributed by atoms with Gasteiger partial charge in [0.25, 0.3) is 0 Å². The summed E-state index contributed by atoms with van der Waals surface area (Å²) in [6.45, 7) is 7.29. The monoisotopic (exact) mass is 416 g/mol. The highest BCUT2D eigenvalue weighted by Crippen LogP contribution is 2.40. The van der Waals surface area contributed by atoms with Gasteiger partial charge in [0.2, 0.25) is 0 Å². The number of hydrogen-bond donors (Lipinski definition) is 1. The zero-order valence-corrected chi connectivity index (χ0v) is 18.7. The molecule has 2 aromatic rings. The number of rotatable bonds is 10. The normalized spacial score (nSPS) is 15.6. The van der Waals surface area contributed by atoms with Crippen molar-refractivity contribution >= 4 is 17.1 Å². The molecule has 0 saturated heterocycles. The van der Waals surface area contributed by atoms with Gasteiger partial charge in [0.15, 0.2) is 5.78 Å². The van der Waals surface area contributed by atoms with Gasteiger partial charge in [-0.15, -0.1) is 11.3 Å². The lowest BCUT2D eigenvalue weighted by Gasteiger charge is -2.14. The summed E-state index contributed by atoms with van der Waals surface area (Å²) in [6, 6.07) is 5.73. The number of Topliss-reactive ketones (excluding diaryl/α,β-unsaturated/α-hetero) is 1. The first-order valence-electron chi connectivity index (χ1n) is 10.5. The van der Waals surface area contributed by atoms with Gasteiger partial charge in [-0.05, 0) is 60.8 Å². The Hall–Kier alpha value is -1.85. The average molecular weight is 417 g/mol. The van der Waals surface area contributed by atoms with Gasteiger partial charge in [-0.25, -0.2) is 0 Å². The third-order valence-corrected chi connectivity index (χ3v) is 7.13. The Morgan fingerprint density at radius 2 is 2.03 bits per heavy atom. The number of carbonyl (C=O) groups excluding carboxylic acids is 1. The first kappa shape index (κ1) is 21.8. The number of aliphatic hydroxyl groups excluding tert-OH is 1. The molecule has 158 valence electrons. The fourth-order valence-electron chi connectivity index (χ4n) is 4.04. The molecule has 1 atom stereocenters. The fraction of sp³-hybridized carbons (Fsp3) is 0.542. The number of aryl methyl sites for hydroxylation is 2. The molecule has 3 rings (SSSR count). The molecule has 1 N–H and O–H groups in total. The molecular weight excluding hydrogens is 384 g/mol. The van der Waals surface area contributed by atoms with Gasteiger partial charge in [-0.2, -0.15) is 0 Å². The molecule has 0 amide bonds. The van der Waals surface area contributed by atoms with Gasteiger partial charge in [-0.3, -0.25) is 4.79 Å². The molecule has 1 aliphatic rings. The van der Waals surface area contributed by atoms with Gasteiger partial charge in [-0.1, -0.05) is 19.9 Å². The van der Waals surface area contributed by atoms with Crippen molar-refractivity contribution in [3.8, 4) is 11.5 Å². The predicted molar refractivity (Wildman–Crippen MR) is 118 cm³/mol. The van der Waals surface area contributed by atoms with Crippen LogP contribution in [0.4, 0.5) is 0 Å². The lowest BCUT2D eigenvalue weighted by Crippen LogP contribution is -2.09. The Bertz CT molecular complexity index is 853. The van der Waals surface area contributed by atoms with E-state index < -0.39 is 0 Å². The summed E-state index contributed by atoms with van der Waals surface area (Å²) in [5.74, 6) is 3.02. The highest BCUT2D eigenvalue weighted by atomic mass is 32.1. The molecule has 5 heteroatoms. The number of thiophene rings is 1. The third kappa shape index (κ3) is 5.01. The summed E-state index contributed by atoms with van der Waals surface area (Å²) >= 11 is 1.68. The molecule has 0 bridgehead atoms. The number of ketones is 1. The van der Waals surface area contributed by atoms with Crippen LogP contribution in [0.3, 0.4) is 0 Å². The van der Waals surface area contributed by atoms with Crippen molar-refractivity contribution < 1.29 is 19.4 Å². The summed E-state index contributed by atoms with van der Waals surface area (Å²) in [4.78, 5) is 15.3. The molecule has 1 aromatic carbocycles. The highest BCUT2D eigenvalue weighted by Gasteiger charge is 2.31. The first-order valence-corrected chi connectivity index (χ1v) is 11.3. The summed E-state index contributed by atoms with van der Waals surface area (Å²) in [6.07, 6.45) is 3.90. The summed E-state index contributed by atoms with van der Waals surface area (Å²) < 4.78 is 11.1. The average Bonchev–Trinajstić information content (AvgIpc) is 3.27. The van der Waals surface area contributed by atoms with Crippen LogP contribution in [0.5, 0.6) is 11.5 Å². The van der Waals surface area contributed by atoms with Gasteiger partial charge in [0.1, 0.15) is 11.5 Å². The van der Waals surface area contributed by atoms with Crippen molar-refractivity contribution in [1.29, 1.82) is 0 Å². The van der Waals surface area contributed by atoms with E-state index in [1.807, 2.05) is 18.2 Å². The Morgan fingerprint density at radius 1 is 1.28 bits per heavy atom. The second kappa shape index (κ2) is 9.77. The molecule has 0 aliphatic heterocycles. The number of ether oxygens (including phenoxy) is 2. The van der Waals surface area contributed by atoms with E-state index in [-0.39, 0.29) is 12.4 Å². The summed E-state index contributed by atoms with van der Waals surface area (Å²) in [5, 5.41) is 8.87. The van der Waals surface area contributed by atoms with E-state index in [0.717, 1.165) is 34.8 Å². The molecule has 0 saturated carbocycles. The lowest BCUT2D eigenvalue weighted by molar-refractivity contribution is 0.0985. The SMILES string of the molecule is COc1cc(OCCCO)ccc1CCC(=O)c1sc(C)c2c1CC(C(C)C)C2. The van der Waals surface area contributed by atoms with Crippen LogP contribution in [-0.2, 0) is 19.3 Å². The largest absolute Gasteiger partial charge is 0.496 e. The molecule has 1 unspecified atom stereocenters. The van der Waals surface area contributed by atoms with Crippen LogP contribution < -0.4 is 9.47 Å². The quantitative estimate of drug-likeness (QED) is 0.437. The van der Waals surface area contributed by atoms with Crippen LogP contribution in [0.2, 0.25) is 0 Å². The number of methoxy groups -OCH3 is 1. The van der Waals surface area contributed by atoms with Gasteiger partial charge in [0, 0.05) is 30.4 Å². The minimum Gasteiger partial charge on any atom is -0.496 e. The number of aliphatic hydroxyl groups is 1. The Labute approximate surface area is 177 Å². The smallest absolute Gasteiger partial charge is 0.173 e. The molecule has 29 heavy (non-hydrogen) atoms. The fourth-order valence-corrected chi connectivity index (χ4v) is 5.22. The van der Waals surface area contributed by atoms with E-state index in [4.69, 9.17) is 14.6 Å². The first-order chi connectivity index (χ1) is 13.9. The maximum absolute atomic E-state index is 13.0. The maximum Gasteiger partial charge on any atom is 0.173 e. The molecule has 0 fully saturated rings. The standard InChI is InChI=1S/C24H32O4S/c1-15(2)18-12-20-16(3)29-24(21(20)13-18)22(26)9-7-17-6-8-19(14-23(17)27-4)28-11-5-10-25/h6,8,14-15,18,25H,5,7,9-13H2,1-4H3. The minimum absolute atomic E-state index is 0.112. The van der Waals surface area contributed by atoms with E-state index in [1.165, 1.54) is 16.0 Å². The second-order valence-electron chi connectivity index (χ2n) is 8.18. The molecule has 1 aliphatic carbocycles. The van der Waals surface area contributed by atoms with Crippen molar-refractivity contribution in [3.05, 3.63) is 44.6 Å². The van der Waals surface area contributed by atoms with Crippen molar-refractivity contribution in [3.63, 3.8) is 0 Å². The van der Waals surface area contributed by atoms with Crippen molar-refractivity contribution in [1.82, 2.24) is 0 Å². The Balaban J connectivity index is 1.67. The van der Waals surface area contributed by atoms with E-state index in [1.54, 1.807) is 18.4 Å². The van der Waals surface area contributed by atoms with Crippen LogP contribution in [0, 0.1) is 18.8 Å². The van der Waals surface area contributed by atoms with Crippen molar-refractivity contribution in [2.45, 2.75) is 52.9 Å². The van der Waals surface area contributed by atoms with Crippen molar-refractivity contribution in [2.24, 2.45) is 11.8 Å². The van der Waals surface area contributed by atoms with Crippen LogP contribution in [-0.4, -0.2) is 31.2 Å². The van der Waals surface area contributed by atoms with Crippen LogP contribution in [0.1, 0.15) is 57.9 Å². The summed E-state index contributed by atoms with van der Waals surface area (Å²) in [5.41, 5.74) is 3.76. The second-order valence-corrected chi connectivity index (χ2v) is 9.40. The van der Waals surface area contributed by atoms with Gasteiger partial charge < -0.3 is 14.6 Å². The topological polar surface area (TPSA) is 55.8 Å². The zero-order valence-electron chi connectivity index (χ0n) is 17.9. The number of carbonyl (C=O) groups is 1. The predicted octanol–water partition coefficient (Wildman–Crippen LogP) is 5.01. The number of benzene rings is 1. The summed E-state index contributed by atoms with van der Waals surface area (Å²) in [7, 11) is 1.64. The van der Waals surface area contributed by atoms with Gasteiger partial charge >= 0.3 is 0 Å². The maximum atomic E-state index is 13.0. The number of fused-ring (bicyclic) bond motifs is 1. The highest BCUT2D eigenvalue weighted by molar-refractivity contribution is 7.14. The van der Waals surface area contributed by atoms with E-state index in [9.17, 15) is 4.79 Å². The van der Waals surface area contributed by atoms with E-state index in [0.29, 0.717) is 37.7 Å². The van der Waals surface area contributed by atoms with Crippen LogP contribution in [0.15, 0.2) is 18.2 Å². The van der Waals surface area contributed by atoms with Crippen LogP contribution in [0.25, 0.3) is 0 Å². The van der Waals surface area contributed by atoms with E-state index >= 15 is 0 Å². The Morgan fingerprint density at radius 3 is 2.72 bits per heavy atom. The molecule has 0 spiro atoms. The van der Waals surface area contributed by atoms with Crippen molar-refractivity contribution in [2.75, 3.05) is 20.3 Å². The molecule has 1 aromatic heterocycles. The van der Waals surface area contributed by atoms with E-state index in [2.05, 4.69) is 20.8 Å². The lowest BCUT2D eigenvalue weighted by atomic mass is 9.93. The number of hydrogen-bond acceptors (Lipinski definition) is 5. The van der Waals surface area contributed by atoms with Crippen LogP contribution >= 0.6 is 11.3 Å². The minimum atomic E-state index is 0.112. The molecule has 0 radical (unpaired) electrons. The molecular formula is C24H32O4S. The third-order valence-electron chi connectivity index (χ3n) is 5.90. The molecule has 4 nitrogen and oxygen atoms in total.